The first-order valence-electron chi connectivity index (χ1n) is 45.3. The molecule has 51 nitrogen and oxygen atoms in total. The first kappa shape index (κ1) is 113. The Morgan fingerprint density at radius 2 is 0.590 bits per heavy atom. The Morgan fingerprint density at radius 1 is 0.292 bits per heavy atom. The molecule has 1 aliphatic carbocycles. The Morgan fingerprint density at radius 3 is 0.993 bits per heavy atom. The fraction of sp³-hybridized carbons (Fsp3) is 0.602. The van der Waals surface area contributed by atoms with E-state index in [1.165, 1.54) is 44.2 Å². The summed E-state index contributed by atoms with van der Waals surface area (Å²) in [6, 6.07) is 14.9. The average Bonchev–Trinajstić information content (AvgIpc) is 1.20. The van der Waals surface area contributed by atoms with Crippen molar-refractivity contribution in [2.75, 3.05) is 39.6 Å². The minimum Gasteiger partial charge on any atom is -0.480 e. The molecule has 31 atom stereocenters. The molecule has 10 rings (SSSR count). The van der Waals surface area contributed by atoms with Crippen molar-refractivity contribution in [3.8, 4) is 11.1 Å². The summed E-state index contributed by atoms with van der Waals surface area (Å²) in [6.45, 7) is 11.4. The highest BCUT2D eigenvalue weighted by Gasteiger charge is 2.64. The molecule has 790 valence electrons. The van der Waals surface area contributed by atoms with Crippen LogP contribution in [0.25, 0.3) is 11.1 Å². The van der Waals surface area contributed by atoms with E-state index in [0.717, 1.165) is 133 Å². The van der Waals surface area contributed by atoms with Crippen LogP contribution in [0.15, 0.2) is 78.9 Å². The van der Waals surface area contributed by atoms with E-state index in [-0.39, 0.29) is 12.2 Å². The molecule has 3 aromatic carbocycles. The lowest BCUT2D eigenvalue weighted by Crippen LogP contribution is -2.72. The second kappa shape index (κ2) is 51.4. The number of benzene rings is 3. The molecule has 0 spiro atoms. The predicted molar refractivity (Wildman–Crippen MR) is 466 cm³/mol. The molecular weight excluding hydrogens is 1930 g/mol. The summed E-state index contributed by atoms with van der Waals surface area (Å²) in [7, 11) is 0. The van der Waals surface area contributed by atoms with Crippen molar-refractivity contribution in [1.82, 2.24) is 16.0 Å². The molecule has 7 aliphatic rings. The number of esters is 15. The average molecular weight is 2040 g/mol. The molecule has 6 saturated heterocycles. The summed E-state index contributed by atoms with van der Waals surface area (Å²) in [4.78, 5) is 260. The van der Waals surface area contributed by atoms with E-state index >= 15 is 4.79 Å². The van der Waals surface area contributed by atoms with Crippen molar-refractivity contribution in [3.05, 3.63) is 95.6 Å². The number of fused-ring (bicyclic) bond motifs is 3. The van der Waals surface area contributed by atoms with Crippen molar-refractivity contribution < 1.29 is 229 Å². The molecular formula is C93H115N3O48. The molecule has 144 heavy (non-hydrogen) atoms. The van der Waals surface area contributed by atoms with E-state index in [1.54, 1.807) is 12.1 Å². The van der Waals surface area contributed by atoms with Crippen molar-refractivity contribution in [3.63, 3.8) is 0 Å². The highest BCUT2D eigenvalue weighted by molar-refractivity contribution is 5.89. The van der Waals surface area contributed by atoms with Crippen LogP contribution in [0.4, 0.5) is 4.79 Å². The third-order valence-corrected chi connectivity index (χ3v) is 22.6. The van der Waals surface area contributed by atoms with Gasteiger partial charge in [-0.1, -0.05) is 66.7 Å². The van der Waals surface area contributed by atoms with Gasteiger partial charge in [0.2, 0.25) is 11.8 Å². The number of carbonyl (C=O) groups excluding carboxylic acids is 18. The molecule has 4 N–H and O–H groups in total. The van der Waals surface area contributed by atoms with E-state index in [9.17, 15) is 91.4 Å². The first-order chi connectivity index (χ1) is 68.0. The minimum atomic E-state index is -2.58. The minimum absolute atomic E-state index is 0.312. The summed E-state index contributed by atoms with van der Waals surface area (Å²) in [5.74, 6) is -21.5. The van der Waals surface area contributed by atoms with Crippen LogP contribution < -0.4 is 16.0 Å². The SMILES string of the molecule is CC(=O)N[C@H]1[C@@H](OC[C@H](NC(=O)OCC2c3ccccc3-c3ccccc32)C(=O)O)O[C@H](COC(C)=O)[C@H](OC(C)=O)[C@@H]1O[C@@H]1O[C@H](COC(C)=O)[C@H](OC(C)=O)[C@H](O[C@@H]2O[C@H](COC(C)=O)[C@@H](O[C@@H]3O[C@H](COC(C)=O)[C@H](OC(C)=O)[C@H](OC(C)=O)[C@H]3O[C@@H]3O[C@@H](C)[C@@H](OC(C)=O)[C@@H](OC(C)=O)[C@@H]3OC(C)=O)[C@H](O[C@@H]3O[C@@H](C)[C@@H](OC(C)=O)[C@@H](OC(C)=O)[C@@H]3OC(C)=O)[C@H]2NC(C)=O)[C@H]1OC(=O)c1ccccc1. The molecule has 0 radical (unpaired) electrons. The number of hydrogen-bond acceptors (Lipinski definition) is 47. The van der Waals surface area contributed by atoms with Gasteiger partial charge in [0.15, 0.2) is 117 Å². The summed E-state index contributed by atoms with van der Waals surface area (Å²) in [5.41, 5.74) is 2.98. The molecule has 0 bridgehead atoms. The number of carbonyl (C=O) groups is 19. The quantitative estimate of drug-likeness (QED) is 0.0459. The zero-order valence-corrected chi connectivity index (χ0v) is 81.4. The number of hydrogen-bond donors (Lipinski definition) is 4. The smallest absolute Gasteiger partial charge is 0.407 e. The maximum atomic E-state index is 15.5. The van der Waals surface area contributed by atoms with Crippen LogP contribution in [-0.4, -0.2) is 348 Å². The van der Waals surface area contributed by atoms with Gasteiger partial charge in [-0.05, 0) is 48.2 Å². The van der Waals surface area contributed by atoms with Gasteiger partial charge >= 0.3 is 102 Å². The number of amides is 3. The van der Waals surface area contributed by atoms with Crippen LogP contribution in [0.1, 0.15) is 152 Å². The Kier molecular flexibility index (Phi) is 40.3. The van der Waals surface area contributed by atoms with Crippen LogP contribution in [0, 0.1) is 0 Å². The monoisotopic (exact) mass is 2040 g/mol. The summed E-state index contributed by atoms with van der Waals surface area (Å²) < 4.78 is 174. The van der Waals surface area contributed by atoms with Crippen LogP contribution in [0.3, 0.4) is 0 Å². The number of carboxylic acids is 1. The van der Waals surface area contributed by atoms with E-state index in [4.69, 9.17) is 133 Å². The van der Waals surface area contributed by atoms with Crippen molar-refractivity contribution in [2.24, 2.45) is 0 Å². The molecule has 3 amide bonds. The van der Waals surface area contributed by atoms with Gasteiger partial charge in [0, 0.05) is 117 Å². The summed E-state index contributed by atoms with van der Waals surface area (Å²) in [5, 5.41) is 18.3. The zero-order chi connectivity index (χ0) is 106. The molecule has 0 unspecified atom stereocenters. The van der Waals surface area contributed by atoms with Gasteiger partial charge in [-0.2, -0.15) is 0 Å². The third kappa shape index (κ3) is 30.5. The second-order valence-corrected chi connectivity index (χ2v) is 33.9. The predicted octanol–water partition coefficient (Wildman–Crippen LogP) is 1.11. The van der Waals surface area contributed by atoms with E-state index in [1.807, 2.05) is 36.4 Å². The van der Waals surface area contributed by atoms with Crippen LogP contribution >= 0.6 is 0 Å². The fourth-order valence-electron chi connectivity index (χ4n) is 17.2. The molecule has 6 heterocycles. The number of carboxylic acid groups (broad SMARTS) is 1. The number of nitrogens with one attached hydrogen (secondary N) is 3. The number of alkyl carbamates (subject to hydrolysis) is 1. The van der Waals surface area contributed by atoms with Gasteiger partial charge in [-0.15, -0.1) is 0 Å². The van der Waals surface area contributed by atoms with E-state index in [0.29, 0.717) is 0 Å². The van der Waals surface area contributed by atoms with Crippen LogP contribution in [0.5, 0.6) is 0 Å². The number of ether oxygens (including phenoxy) is 28. The van der Waals surface area contributed by atoms with Gasteiger partial charge in [-0.3, -0.25) is 76.7 Å². The highest BCUT2D eigenvalue weighted by Crippen LogP contribution is 2.47. The third-order valence-electron chi connectivity index (χ3n) is 22.6. The first-order valence-corrected chi connectivity index (χ1v) is 45.3. The standard InChI is InChI=1S/C93H115N3O48/c1-38-69(125-46(9)103)77(130-51(14)108)81(133-54(17)111)89(123-38)141-76-68(95-41(4)98)88(136-64(35-118-43(6)100)72(76)140-92-84(79(132-53(16)110)73(128-49(12)106)65(138-92)36-119-44(7)101)144-90-82(134-55(18)112)78(131-52(15)109)70(39(2)124-90)126-47(10)104)143-80-74(129-50(13)107)66(37-120-45(8)102)137-91(83(80)139-86(115)56-26-20-19-21-27-56)142-75-67(94-40(3)97)87(135-63(34-117-42(5)99)71(75)127-48(11)105)121-33-62(85(113)114)96-93(116)122-32-61-59-30-24-22-28-57(59)58-29-23-25-31-60(58)61/h19-31,38-39,61-84,87-92H,32-37H2,1-18H3,(H,94,97)(H,95,98)(H,96,116)(H,113,114)/t38-,39-,62-,63+,64+,65+,66+,67+,68+,69+,70+,71-,72+,73-,74-,75+,76+,77+,78+,79-,80-,81-,82-,83+,84+,87-,88-,89-,90-,91-,92-/m0/s1. The second-order valence-electron chi connectivity index (χ2n) is 33.9. The topological polar surface area (TPSA) is 639 Å². The molecule has 0 aromatic heterocycles. The summed E-state index contributed by atoms with van der Waals surface area (Å²) in [6.07, 6.45) is -61.7. The van der Waals surface area contributed by atoms with Gasteiger partial charge in [-0.25, -0.2) is 14.4 Å². The van der Waals surface area contributed by atoms with Crippen molar-refractivity contribution in [1.29, 1.82) is 0 Å². The highest BCUT2D eigenvalue weighted by atomic mass is 16.8. The van der Waals surface area contributed by atoms with Crippen LogP contribution in [-0.2, 0) is 214 Å². The maximum absolute atomic E-state index is 15.5. The number of aliphatic carboxylic acids is 1. The molecule has 0 saturated carbocycles. The lowest BCUT2D eigenvalue weighted by Gasteiger charge is -2.53. The lowest BCUT2D eigenvalue weighted by atomic mass is 9.93. The van der Waals surface area contributed by atoms with Crippen molar-refractivity contribution in [2.45, 2.75) is 321 Å². The number of rotatable bonds is 39. The van der Waals surface area contributed by atoms with Gasteiger partial charge in [0.1, 0.15) is 93.9 Å². The molecule has 3 aromatic rings. The summed E-state index contributed by atoms with van der Waals surface area (Å²) >= 11 is 0. The van der Waals surface area contributed by atoms with Gasteiger partial charge < -0.3 is 154 Å². The largest absolute Gasteiger partial charge is 0.480 e. The van der Waals surface area contributed by atoms with E-state index in [2.05, 4.69) is 16.0 Å². The van der Waals surface area contributed by atoms with Gasteiger partial charge in [0.25, 0.3) is 0 Å². The lowest BCUT2D eigenvalue weighted by molar-refractivity contribution is -0.400. The normalized spacial score (nSPS) is 30.7. The molecule has 6 aliphatic heterocycles. The Bertz CT molecular complexity index is 5090. The van der Waals surface area contributed by atoms with Crippen molar-refractivity contribution >= 4 is 113 Å². The van der Waals surface area contributed by atoms with Crippen LogP contribution in [0.2, 0.25) is 0 Å². The fourth-order valence-corrected chi connectivity index (χ4v) is 17.2. The Labute approximate surface area is 822 Å². The Hall–Kier alpha value is -13.1. The van der Waals surface area contributed by atoms with Gasteiger partial charge in [0.05, 0.1) is 24.4 Å². The zero-order valence-electron chi connectivity index (χ0n) is 81.4. The van der Waals surface area contributed by atoms with E-state index < -0.39 is 343 Å². The maximum Gasteiger partial charge on any atom is 0.407 e. The molecule has 51 heteroatoms. The molecule has 6 fully saturated rings. The Balaban J connectivity index is 1.19.